The number of carbonyl (C=O) groups is 2. The van der Waals surface area contributed by atoms with Crippen molar-refractivity contribution < 1.29 is 14.3 Å². The van der Waals surface area contributed by atoms with Gasteiger partial charge in [-0.15, -0.1) is 11.3 Å². The number of aryl methyl sites for hydroxylation is 1. The van der Waals surface area contributed by atoms with Crippen molar-refractivity contribution in [3.63, 3.8) is 0 Å². The number of hydrogen-bond acceptors (Lipinski definition) is 8. The number of benzene rings is 1. The van der Waals surface area contributed by atoms with Gasteiger partial charge in [0.25, 0.3) is 5.91 Å². The molecule has 2 heterocycles. The van der Waals surface area contributed by atoms with E-state index in [1.54, 1.807) is 6.20 Å². The predicted octanol–water partition coefficient (Wildman–Crippen LogP) is 3.72. The number of amides is 1. The molecular formula is C21H18N4O3S2. The lowest BCUT2D eigenvalue weighted by molar-refractivity contribution is -0.144. The number of thiophene rings is 1. The van der Waals surface area contributed by atoms with Crippen molar-refractivity contribution in [2.24, 2.45) is 0 Å². The van der Waals surface area contributed by atoms with E-state index in [4.69, 9.17) is 4.74 Å². The standard InChI is InChI=1S/C21H18N4O3S2/c22-9-14-13-5-1-4-8-17(13)30-21(14)25-18(26)11-28-20(27)12-29-19-10-23-15-6-2-3-7-16(15)24-19/h2-3,6-7,10H,1,4-5,8,11-12H2,(H,25,26). The van der Waals surface area contributed by atoms with Crippen LogP contribution in [-0.2, 0) is 27.2 Å². The summed E-state index contributed by atoms with van der Waals surface area (Å²) in [5.74, 6) is -0.943. The summed E-state index contributed by atoms with van der Waals surface area (Å²) in [4.78, 5) is 34.1. The van der Waals surface area contributed by atoms with Gasteiger partial charge in [0.05, 0.1) is 28.5 Å². The molecule has 0 saturated heterocycles. The maximum Gasteiger partial charge on any atom is 0.316 e. The van der Waals surface area contributed by atoms with Gasteiger partial charge in [0.1, 0.15) is 16.1 Å². The molecule has 0 fully saturated rings. The van der Waals surface area contributed by atoms with Crippen LogP contribution in [0.1, 0.15) is 28.8 Å². The first kappa shape index (κ1) is 20.3. The molecule has 1 aromatic carbocycles. The molecule has 0 atom stereocenters. The number of nitriles is 1. The zero-order chi connectivity index (χ0) is 20.9. The summed E-state index contributed by atoms with van der Waals surface area (Å²) in [6.07, 6.45) is 5.57. The molecule has 30 heavy (non-hydrogen) atoms. The highest BCUT2D eigenvalue weighted by atomic mass is 32.2. The average molecular weight is 439 g/mol. The quantitative estimate of drug-likeness (QED) is 0.462. The summed E-state index contributed by atoms with van der Waals surface area (Å²) in [6, 6.07) is 9.68. The largest absolute Gasteiger partial charge is 0.455 e. The summed E-state index contributed by atoms with van der Waals surface area (Å²) in [5.41, 5.74) is 3.13. The monoisotopic (exact) mass is 438 g/mol. The first-order valence-electron chi connectivity index (χ1n) is 9.48. The fraction of sp³-hybridized carbons (Fsp3) is 0.286. The molecule has 0 aliphatic heterocycles. The summed E-state index contributed by atoms with van der Waals surface area (Å²) in [7, 11) is 0. The fourth-order valence-electron chi connectivity index (χ4n) is 3.27. The first-order chi connectivity index (χ1) is 14.6. The van der Waals surface area contributed by atoms with Gasteiger partial charge in [-0.1, -0.05) is 23.9 Å². The number of nitrogens with one attached hydrogen (secondary N) is 1. The number of para-hydroxylation sites is 2. The summed E-state index contributed by atoms with van der Waals surface area (Å²) in [5, 5.41) is 13.3. The van der Waals surface area contributed by atoms with Crippen molar-refractivity contribution >= 4 is 51.0 Å². The molecule has 0 spiro atoms. The number of ether oxygens (including phenoxy) is 1. The van der Waals surface area contributed by atoms with Gasteiger partial charge in [-0.3, -0.25) is 14.6 Å². The lowest BCUT2D eigenvalue weighted by Crippen LogP contribution is -2.21. The Labute approximate surface area is 181 Å². The molecule has 0 unspecified atom stereocenters. The van der Waals surface area contributed by atoms with Crippen molar-refractivity contribution in [1.82, 2.24) is 9.97 Å². The fourth-order valence-corrected chi connectivity index (χ4v) is 5.16. The van der Waals surface area contributed by atoms with E-state index in [0.29, 0.717) is 15.6 Å². The second-order valence-electron chi connectivity index (χ2n) is 6.72. The van der Waals surface area contributed by atoms with Crippen LogP contribution in [0.4, 0.5) is 5.00 Å². The van der Waals surface area contributed by atoms with Crippen molar-refractivity contribution in [3.05, 3.63) is 46.5 Å². The van der Waals surface area contributed by atoms with Crippen LogP contribution in [0.5, 0.6) is 0 Å². The van der Waals surface area contributed by atoms with Gasteiger partial charge in [0.15, 0.2) is 6.61 Å². The number of hydrogen-bond donors (Lipinski definition) is 1. The Kier molecular flexibility index (Phi) is 6.26. The minimum absolute atomic E-state index is 0.0248. The Balaban J connectivity index is 1.28. The SMILES string of the molecule is N#Cc1c(NC(=O)COC(=O)CSc2cnc3ccccc3n2)sc2c1CCCC2. The van der Waals surface area contributed by atoms with Crippen LogP contribution in [0, 0.1) is 11.3 Å². The highest BCUT2D eigenvalue weighted by Gasteiger charge is 2.22. The van der Waals surface area contributed by atoms with Crippen molar-refractivity contribution in [1.29, 1.82) is 5.26 Å². The first-order valence-corrected chi connectivity index (χ1v) is 11.3. The lowest BCUT2D eigenvalue weighted by Gasteiger charge is -2.09. The van der Waals surface area contributed by atoms with Crippen LogP contribution in [0.25, 0.3) is 11.0 Å². The van der Waals surface area contributed by atoms with Crippen LogP contribution in [0.2, 0.25) is 0 Å². The number of nitrogens with zero attached hydrogens (tertiary/aromatic N) is 3. The van der Waals surface area contributed by atoms with Crippen molar-refractivity contribution in [3.8, 4) is 6.07 Å². The van der Waals surface area contributed by atoms with Crippen LogP contribution >= 0.6 is 23.1 Å². The molecule has 0 bridgehead atoms. The van der Waals surface area contributed by atoms with Gasteiger partial charge >= 0.3 is 5.97 Å². The molecule has 2 aromatic heterocycles. The number of esters is 1. The van der Waals surface area contributed by atoms with Gasteiger partial charge in [-0.2, -0.15) is 5.26 Å². The second-order valence-corrected chi connectivity index (χ2v) is 8.82. The Hall–Kier alpha value is -2.96. The molecule has 9 heteroatoms. The van der Waals surface area contributed by atoms with E-state index in [1.807, 2.05) is 24.3 Å². The van der Waals surface area contributed by atoms with Gasteiger partial charge in [-0.05, 0) is 43.4 Å². The molecule has 1 aliphatic rings. The van der Waals surface area contributed by atoms with Crippen LogP contribution in [0.15, 0.2) is 35.5 Å². The third kappa shape index (κ3) is 4.61. The van der Waals surface area contributed by atoms with Crippen molar-refractivity contribution in [2.75, 3.05) is 17.7 Å². The van der Waals surface area contributed by atoms with E-state index in [2.05, 4.69) is 21.4 Å². The number of rotatable bonds is 6. The highest BCUT2D eigenvalue weighted by molar-refractivity contribution is 7.99. The van der Waals surface area contributed by atoms with Crippen molar-refractivity contribution in [2.45, 2.75) is 30.7 Å². The number of carbonyl (C=O) groups excluding carboxylic acids is 2. The highest BCUT2D eigenvalue weighted by Crippen LogP contribution is 2.37. The van der Waals surface area contributed by atoms with Crippen LogP contribution < -0.4 is 5.32 Å². The van der Waals surface area contributed by atoms with E-state index in [9.17, 15) is 14.9 Å². The van der Waals surface area contributed by atoms with Gasteiger partial charge < -0.3 is 10.1 Å². The number of anilines is 1. The third-order valence-electron chi connectivity index (χ3n) is 4.66. The second kappa shape index (κ2) is 9.24. The van der Waals surface area contributed by atoms with E-state index < -0.39 is 18.5 Å². The molecule has 1 amide bonds. The minimum atomic E-state index is -0.518. The normalized spacial score (nSPS) is 12.8. The van der Waals surface area contributed by atoms with Gasteiger partial charge in [0.2, 0.25) is 0 Å². The van der Waals surface area contributed by atoms with E-state index in [-0.39, 0.29) is 5.75 Å². The third-order valence-corrected chi connectivity index (χ3v) is 6.74. The maximum atomic E-state index is 12.2. The topological polar surface area (TPSA) is 105 Å². The molecule has 4 rings (SSSR count). The van der Waals surface area contributed by atoms with Gasteiger partial charge in [0, 0.05) is 4.88 Å². The van der Waals surface area contributed by atoms with E-state index in [0.717, 1.165) is 47.2 Å². The lowest BCUT2D eigenvalue weighted by atomic mass is 9.96. The molecule has 1 N–H and O–H groups in total. The molecule has 0 saturated carbocycles. The molecule has 0 radical (unpaired) electrons. The average Bonchev–Trinajstić information content (AvgIpc) is 3.12. The minimum Gasteiger partial charge on any atom is -0.455 e. The zero-order valence-corrected chi connectivity index (χ0v) is 17.6. The smallest absolute Gasteiger partial charge is 0.316 e. The summed E-state index contributed by atoms with van der Waals surface area (Å²) < 4.78 is 5.06. The van der Waals surface area contributed by atoms with Crippen LogP contribution in [-0.4, -0.2) is 34.2 Å². The Morgan fingerprint density at radius 1 is 1.23 bits per heavy atom. The molecular weight excluding hydrogens is 420 g/mol. The molecule has 152 valence electrons. The Morgan fingerprint density at radius 2 is 2.03 bits per heavy atom. The van der Waals surface area contributed by atoms with Crippen LogP contribution in [0.3, 0.4) is 0 Å². The van der Waals surface area contributed by atoms with E-state index >= 15 is 0 Å². The predicted molar refractivity (Wildman–Crippen MR) is 116 cm³/mol. The number of aromatic nitrogens is 2. The summed E-state index contributed by atoms with van der Waals surface area (Å²) in [6.45, 7) is -0.393. The number of thioether (sulfide) groups is 1. The van der Waals surface area contributed by atoms with E-state index in [1.165, 1.54) is 23.1 Å². The summed E-state index contributed by atoms with van der Waals surface area (Å²) >= 11 is 2.65. The Morgan fingerprint density at radius 3 is 2.87 bits per heavy atom. The number of fused-ring (bicyclic) bond motifs is 2. The maximum absolute atomic E-state index is 12.2. The van der Waals surface area contributed by atoms with Gasteiger partial charge in [-0.25, -0.2) is 4.98 Å². The molecule has 1 aliphatic carbocycles. The zero-order valence-electron chi connectivity index (χ0n) is 16.0. The molecule has 7 nitrogen and oxygen atoms in total. The Bertz CT molecular complexity index is 1150. The molecule has 3 aromatic rings.